The Morgan fingerprint density at radius 2 is 2.32 bits per heavy atom. The Hall–Kier alpha value is -1.34. The number of nitrogens with one attached hydrogen (secondary N) is 1. The fourth-order valence-electron chi connectivity index (χ4n) is 2.68. The summed E-state index contributed by atoms with van der Waals surface area (Å²) < 4.78 is 7.49. The molecule has 1 N–H and O–H groups in total. The van der Waals surface area contributed by atoms with Crippen molar-refractivity contribution in [3.63, 3.8) is 0 Å². The third-order valence-electron chi connectivity index (χ3n) is 4.04. The van der Waals surface area contributed by atoms with Crippen molar-refractivity contribution in [2.45, 2.75) is 49.4 Å². The minimum Gasteiger partial charge on any atom is -0.360 e. The lowest BCUT2D eigenvalue weighted by molar-refractivity contribution is 0.385. The van der Waals surface area contributed by atoms with E-state index in [1.54, 1.807) is 11.8 Å². The van der Waals surface area contributed by atoms with E-state index in [0.29, 0.717) is 11.8 Å². The molecule has 3 heterocycles. The highest BCUT2D eigenvalue weighted by molar-refractivity contribution is 7.98. The molecule has 0 spiro atoms. The maximum absolute atomic E-state index is 5.37. The van der Waals surface area contributed by atoms with E-state index in [-0.39, 0.29) is 0 Å². The minimum absolute atomic E-state index is 0.391. The normalized spacial score (nSPS) is 19.0. The van der Waals surface area contributed by atoms with Crippen LogP contribution in [0.15, 0.2) is 15.7 Å². The van der Waals surface area contributed by atoms with E-state index in [0.717, 1.165) is 41.3 Å². The first-order valence-corrected chi connectivity index (χ1v) is 8.82. The Bertz CT molecular complexity index is 615. The van der Waals surface area contributed by atoms with E-state index in [2.05, 4.69) is 39.1 Å². The summed E-state index contributed by atoms with van der Waals surface area (Å²) in [4.78, 5) is 0. The van der Waals surface area contributed by atoms with Gasteiger partial charge in [-0.2, -0.15) is 0 Å². The molecule has 1 aliphatic heterocycles. The van der Waals surface area contributed by atoms with Crippen LogP contribution < -0.4 is 5.32 Å². The van der Waals surface area contributed by atoms with Crippen molar-refractivity contribution in [1.29, 1.82) is 0 Å². The van der Waals surface area contributed by atoms with E-state index in [1.165, 1.54) is 12.8 Å². The molecule has 3 rings (SSSR count). The molecule has 0 radical (unpaired) electrons. The summed E-state index contributed by atoms with van der Waals surface area (Å²) in [5.74, 6) is 3.56. The van der Waals surface area contributed by atoms with E-state index in [4.69, 9.17) is 4.52 Å². The molecule has 1 atom stereocenters. The molecule has 0 aromatic carbocycles. The predicted molar refractivity (Wildman–Crippen MR) is 86.0 cm³/mol. The number of hydrogen-bond acceptors (Lipinski definition) is 6. The third-order valence-corrected chi connectivity index (χ3v) is 5.09. The van der Waals surface area contributed by atoms with Gasteiger partial charge in [-0.15, -0.1) is 10.2 Å². The Kier molecular flexibility index (Phi) is 4.83. The first-order valence-electron chi connectivity index (χ1n) is 7.83. The second kappa shape index (κ2) is 6.83. The number of rotatable bonds is 5. The van der Waals surface area contributed by atoms with Crippen molar-refractivity contribution in [2.24, 2.45) is 7.05 Å². The summed E-state index contributed by atoms with van der Waals surface area (Å²) >= 11 is 1.65. The highest BCUT2D eigenvalue weighted by atomic mass is 32.2. The summed E-state index contributed by atoms with van der Waals surface area (Å²) in [5, 5.41) is 17.2. The van der Waals surface area contributed by atoms with Crippen molar-refractivity contribution >= 4 is 11.8 Å². The maximum Gasteiger partial charge on any atom is 0.191 e. The molecule has 22 heavy (non-hydrogen) atoms. The van der Waals surface area contributed by atoms with E-state index < -0.39 is 0 Å². The SMILES string of the molecule is CC(C)c1cc(CSc2nnc(C3CCCNC3)n2C)on1. The highest BCUT2D eigenvalue weighted by Crippen LogP contribution is 2.27. The number of piperidine rings is 1. The number of nitrogens with zero attached hydrogens (tertiary/aromatic N) is 4. The zero-order valence-corrected chi connectivity index (χ0v) is 14.2. The molecular weight excluding hydrogens is 298 g/mol. The highest BCUT2D eigenvalue weighted by Gasteiger charge is 2.22. The van der Waals surface area contributed by atoms with Gasteiger partial charge in [0.15, 0.2) is 5.16 Å². The molecule has 0 aliphatic carbocycles. The average molecular weight is 321 g/mol. The molecule has 1 saturated heterocycles. The lowest BCUT2D eigenvalue weighted by atomic mass is 9.99. The van der Waals surface area contributed by atoms with Crippen LogP contribution in [0, 0.1) is 0 Å². The first-order chi connectivity index (χ1) is 10.6. The van der Waals surface area contributed by atoms with Gasteiger partial charge in [-0.3, -0.25) is 0 Å². The van der Waals surface area contributed by atoms with Crippen molar-refractivity contribution in [1.82, 2.24) is 25.2 Å². The Morgan fingerprint density at radius 3 is 3.00 bits per heavy atom. The van der Waals surface area contributed by atoms with Gasteiger partial charge in [-0.1, -0.05) is 30.8 Å². The zero-order valence-electron chi connectivity index (χ0n) is 13.4. The van der Waals surface area contributed by atoms with Crippen LogP contribution in [0.5, 0.6) is 0 Å². The molecule has 2 aromatic heterocycles. The summed E-state index contributed by atoms with van der Waals surface area (Å²) in [7, 11) is 2.05. The molecule has 1 aliphatic rings. The molecule has 1 unspecified atom stereocenters. The second-order valence-corrected chi connectivity index (χ2v) is 7.05. The molecule has 7 heteroatoms. The van der Waals surface area contributed by atoms with Gasteiger partial charge in [0.25, 0.3) is 0 Å². The zero-order chi connectivity index (χ0) is 15.5. The van der Waals surface area contributed by atoms with Gasteiger partial charge in [0.05, 0.1) is 11.4 Å². The van der Waals surface area contributed by atoms with Gasteiger partial charge >= 0.3 is 0 Å². The van der Waals surface area contributed by atoms with Crippen LogP contribution in [0.2, 0.25) is 0 Å². The van der Waals surface area contributed by atoms with E-state index in [1.807, 2.05) is 13.1 Å². The molecule has 1 fully saturated rings. The molecule has 0 bridgehead atoms. The molecule has 6 nitrogen and oxygen atoms in total. The first kappa shape index (κ1) is 15.6. The summed E-state index contributed by atoms with van der Waals surface area (Å²) in [6.07, 6.45) is 2.39. The van der Waals surface area contributed by atoms with Crippen molar-refractivity contribution < 1.29 is 4.52 Å². The van der Waals surface area contributed by atoms with Gasteiger partial charge < -0.3 is 14.4 Å². The van der Waals surface area contributed by atoms with Crippen LogP contribution in [-0.4, -0.2) is 33.0 Å². The van der Waals surface area contributed by atoms with E-state index in [9.17, 15) is 0 Å². The molecular formula is C15H23N5OS. The van der Waals surface area contributed by atoms with Crippen molar-refractivity contribution in [3.8, 4) is 0 Å². The largest absolute Gasteiger partial charge is 0.360 e. The molecule has 2 aromatic rings. The van der Waals surface area contributed by atoms with Gasteiger partial charge in [0.2, 0.25) is 0 Å². The average Bonchev–Trinajstić information content (AvgIpc) is 3.13. The predicted octanol–water partition coefficient (Wildman–Crippen LogP) is 2.69. The minimum atomic E-state index is 0.391. The number of aromatic nitrogens is 4. The van der Waals surface area contributed by atoms with Crippen LogP contribution in [0.3, 0.4) is 0 Å². The maximum atomic E-state index is 5.37. The van der Waals surface area contributed by atoms with Crippen LogP contribution >= 0.6 is 11.8 Å². The van der Waals surface area contributed by atoms with E-state index >= 15 is 0 Å². The van der Waals surface area contributed by atoms with Crippen LogP contribution in [0.4, 0.5) is 0 Å². The number of thioether (sulfide) groups is 1. The lowest BCUT2D eigenvalue weighted by Crippen LogP contribution is -2.29. The summed E-state index contributed by atoms with van der Waals surface area (Å²) in [6, 6.07) is 2.03. The summed E-state index contributed by atoms with van der Waals surface area (Å²) in [5.41, 5.74) is 1.00. The Labute approximate surface area is 135 Å². The van der Waals surface area contributed by atoms with Crippen LogP contribution in [0.1, 0.15) is 55.8 Å². The van der Waals surface area contributed by atoms with Crippen molar-refractivity contribution in [2.75, 3.05) is 13.1 Å². The third kappa shape index (κ3) is 3.35. The summed E-state index contributed by atoms with van der Waals surface area (Å²) in [6.45, 7) is 6.33. The van der Waals surface area contributed by atoms with Crippen LogP contribution in [0.25, 0.3) is 0 Å². The molecule has 0 saturated carbocycles. The van der Waals surface area contributed by atoms with Gasteiger partial charge in [0.1, 0.15) is 11.6 Å². The topological polar surface area (TPSA) is 68.8 Å². The van der Waals surface area contributed by atoms with Gasteiger partial charge in [0, 0.05) is 25.6 Å². The van der Waals surface area contributed by atoms with Gasteiger partial charge in [-0.25, -0.2) is 0 Å². The second-order valence-electron chi connectivity index (χ2n) is 6.10. The smallest absolute Gasteiger partial charge is 0.191 e. The quantitative estimate of drug-likeness (QED) is 0.854. The molecule has 0 amide bonds. The number of hydrogen-bond donors (Lipinski definition) is 1. The Morgan fingerprint density at radius 1 is 1.45 bits per heavy atom. The van der Waals surface area contributed by atoms with Crippen molar-refractivity contribution in [3.05, 3.63) is 23.3 Å². The fourth-order valence-corrected chi connectivity index (χ4v) is 3.48. The van der Waals surface area contributed by atoms with Gasteiger partial charge in [-0.05, 0) is 25.3 Å². The fraction of sp³-hybridized carbons (Fsp3) is 0.667. The Balaban J connectivity index is 1.64. The monoisotopic (exact) mass is 321 g/mol. The van der Waals surface area contributed by atoms with Crippen LogP contribution in [-0.2, 0) is 12.8 Å². The lowest BCUT2D eigenvalue weighted by Gasteiger charge is -2.21. The standard InChI is InChI=1S/C15H23N5OS/c1-10(2)13-7-12(21-19-13)9-22-15-18-17-14(20(15)3)11-5-4-6-16-8-11/h7,10-11,16H,4-6,8-9H2,1-3H3. The molecule has 120 valence electrons.